The standard InChI is InChI=1S/C21H17FN2O4/c1-14(25)16-6-3-8-18(12-16)23-20(26)19-9-4-10-24(21(19)27)28-13-15-5-2-7-17(22)11-15/h2-12H,13H2,1H3,(H,23,26). The van der Waals surface area contributed by atoms with Crippen molar-refractivity contribution in [3.8, 4) is 0 Å². The van der Waals surface area contributed by atoms with Crippen LogP contribution >= 0.6 is 0 Å². The van der Waals surface area contributed by atoms with Crippen molar-refractivity contribution in [3.63, 3.8) is 0 Å². The van der Waals surface area contributed by atoms with Crippen molar-refractivity contribution in [1.82, 2.24) is 4.73 Å². The SMILES string of the molecule is CC(=O)c1cccc(NC(=O)c2cccn(OCc3cccc(F)c3)c2=O)c1. The van der Waals surface area contributed by atoms with Gasteiger partial charge in [0.15, 0.2) is 5.78 Å². The molecule has 0 atom stereocenters. The third kappa shape index (κ3) is 4.50. The highest BCUT2D eigenvalue weighted by molar-refractivity contribution is 6.04. The zero-order valence-corrected chi connectivity index (χ0v) is 15.0. The fraction of sp³-hybridized carbons (Fsp3) is 0.0952. The number of carbonyl (C=O) groups excluding carboxylic acids is 2. The number of halogens is 1. The molecule has 7 heteroatoms. The van der Waals surface area contributed by atoms with Crippen molar-refractivity contribution in [2.24, 2.45) is 0 Å². The number of ketones is 1. The van der Waals surface area contributed by atoms with Crippen LogP contribution < -0.4 is 15.7 Å². The number of Topliss-reactive ketones (excluding diaryl/α,β-unsaturated/α-hetero) is 1. The Morgan fingerprint density at radius 1 is 1.07 bits per heavy atom. The van der Waals surface area contributed by atoms with Crippen molar-refractivity contribution in [2.45, 2.75) is 13.5 Å². The van der Waals surface area contributed by atoms with Crippen LogP contribution in [0, 0.1) is 5.82 Å². The Balaban J connectivity index is 1.76. The molecule has 0 fully saturated rings. The van der Waals surface area contributed by atoms with Crippen LogP contribution in [0.3, 0.4) is 0 Å². The Labute approximate surface area is 160 Å². The van der Waals surface area contributed by atoms with Gasteiger partial charge in [-0.15, -0.1) is 0 Å². The number of anilines is 1. The summed E-state index contributed by atoms with van der Waals surface area (Å²) in [5, 5.41) is 2.59. The number of nitrogens with one attached hydrogen (secondary N) is 1. The second-order valence-corrected chi connectivity index (χ2v) is 6.05. The van der Waals surface area contributed by atoms with E-state index in [0.29, 0.717) is 16.8 Å². The van der Waals surface area contributed by atoms with Gasteiger partial charge in [-0.25, -0.2) is 4.39 Å². The van der Waals surface area contributed by atoms with Crippen LogP contribution in [0.1, 0.15) is 33.2 Å². The molecule has 0 aliphatic rings. The first kappa shape index (κ1) is 19.0. The van der Waals surface area contributed by atoms with E-state index in [1.165, 1.54) is 49.5 Å². The summed E-state index contributed by atoms with van der Waals surface area (Å²) in [6.07, 6.45) is 1.37. The lowest BCUT2D eigenvalue weighted by Crippen LogP contribution is -2.32. The van der Waals surface area contributed by atoms with E-state index < -0.39 is 17.3 Å². The van der Waals surface area contributed by atoms with Crippen LogP contribution in [-0.4, -0.2) is 16.4 Å². The van der Waals surface area contributed by atoms with Gasteiger partial charge in [0.05, 0.1) is 0 Å². The maximum atomic E-state index is 13.2. The molecule has 6 nitrogen and oxygen atoms in total. The number of aromatic nitrogens is 1. The lowest BCUT2D eigenvalue weighted by Gasteiger charge is -2.10. The van der Waals surface area contributed by atoms with Crippen LogP contribution in [0.5, 0.6) is 0 Å². The van der Waals surface area contributed by atoms with Gasteiger partial charge >= 0.3 is 0 Å². The van der Waals surface area contributed by atoms with Gasteiger partial charge in [-0.3, -0.25) is 14.4 Å². The van der Waals surface area contributed by atoms with Gasteiger partial charge in [0.2, 0.25) is 0 Å². The molecular formula is C21H17FN2O4. The molecule has 2 aromatic carbocycles. The van der Waals surface area contributed by atoms with Crippen molar-refractivity contribution >= 4 is 17.4 Å². The summed E-state index contributed by atoms with van der Waals surface area (Å²) in [7, 11) is 0. The quantitative estimate of drug-likeness (QED) is 0.667. The highest BCUT2D eigenvalue weighted by Gasteiger charge is 2.14. The first-order valence-corrected chi connectivity index (χ1v) is 8.46. The molecule has 0 saturated carbocycles. The Morgan fingerprint density at radius 2 is 1.86 bits per heavy atom. The Hall–Kier alpha value is -3.74. The molecule has 3 aromatic rings. The van der Waals surface area contributed by atoms with Gasteiger partial charge < -0.3 is 10.2 Å². The average molecular weight is 380 g/mol. The molecule has 0 saturated heterocycles. The van der Waals surface area contributed by atoms with E-state index in [2.05, 4.69) is 5.32 Å². The molecule has 0 spiro atoms. The van der Waals surface area contributed by atoms with Gasteiger partial charge in [-0.05, 0) is 48.9 Å². The number of pyridine rings is 1. The molecule has 0 aliphatic carbocycles. The lowest BCUT2D eigenvalue weighted by atomic mass is 10.1. The Kier molecular flexibility index (Phi) is 5.64. The maximum Gasteiger partial charge on any atom is 0.295 e. The number of rotatable bonds is 6. The van der Waals surface area contributed by atoms with Crippen LogP contribution in [0.4, 0.5) is 10.1 Å². The maximum absolute atomic E-state index is 13.2. The molecule has 142 valence electrons. The minimum absolute atomic E-state index is 0.0383. The molecule has 28 heavy (non-hydrogen) atoms. The normalized spacial score (nSPS) is 10.4. The fourth-order valence-electron chi connectivity index (χ4n) is 2.53. The van der Waals surface area contributed by atoms with Crippen molar-refractivity contribution in [3.05, 3.63) is 99.7 Å². The van der Waals surface area contributed by atoms with E-state index >= 15 is 0 Å². The summed E-state index contributed by atoms with van der Waals surface area (Å²) in [6.45, 7) is 1.39. The number of benzene rings is 2. The third-order valence-corrected chi connectivity index (χ3v) is 3.95. The molecule has 1 amide bonds. The Bertz CT molecular complexity index is 1090. The lowest BCUT2D eigenvalue weighted by molar-refractivity contribution is 0.0862. The summed E-state index contributed by atoms with van der Waals surface area (Å²) in [6, 6.07) is 15.1. The summed E-state index contributed by atoms with van der Waals surface area (Å²) >= 11 is 0. The molecule has 1 heterocycles. The van der Waals surface area contributed by atoms with Crippen molar-refractivity contribution < 1.29 is 18.8 Å². The summed E-state index contributed by atoms with van der Waals surface area (Å²) < 4.78 is 14.2. The van der Waals surface area contributed by atoms with E-state index in [1.807, 2.05) is 0 Å². The molecule has 0 aliphatic heterocycles. The third-order valence-electron chi connectivity index (χ3n) is 3.95. The number of nitrogens with zero attached hydrogens (tertiary/aromatic N) is 1. The summed E-state index contributed by atoms with van der Waals surface area (Å²) in [5.74, 6) is -1.17. The van der Waals surface area contributed by atoms with E-state index in [1.54, 1.807) is 24.3 Å². The van der Waals surface area contributed by atoms with E-state index in [4.69, 9.17) is 4.84 Å². The minimum atomic E-state index is -0.654. The van der Waals surface area contributed by atoms with Crippen LogP contribution in [0.25, 0.3) is 0 Å². The molecule has 1 aromatic heterocycles. The topological polar surface area (TPSA) is 77.4 Å². The van der Waals surface area contributed by atoms with E-state index in [-0.39, 0.29) is 18.0 Å². The number of hydrogen-bond acceptors (Lipinski definition) is 4. The summed E-state index contributed by atoms with van der Waals surface area (Å²) in [4.78, 5) is 41.8. The van der Waals surface area contributed by atoms with Gasteiger partial charge in [-0.1, -0.05) is 24.3 Å². The second kappa shape index (κ2) is 8.30. The molecule has 0 unspecified atom stereocenters. The van der Waals surface area contributed by atoms with Crippen molar-refractivity contribution in [1.29, 1.82) is 0 Å². The zero-order valence-electron chi connectivity index (χ0n) is 15.0. The molecule has 0 radical (unpaired) electrons. The van der Waals surface area contributed by atoms with Crippen molar-refractivity contribution in [2.75, 3.05) is 5.32 Å². The predicted molar refractivity (Wildman–Crippen MR) is 102 cm³/mol. The highest BCUT2D eigenvalue weighted by Crippen LogP contribution is 2.12. The van der Waals surface area contributed by atoms with Gasteiger partial charge in [-0.2, -0.15) is 4.73 Å². The second-order valence-electron chi connectivity index (χ2n) is 6.05. The van der Waals surface area contributed by atoms with E-state index in [9.17, 15) is 18.8 Å². The van der Waals surface area contributed by atoms with Crippen LogP contribution in [0.15, 0.2) is 71.7 Å². The average Bonchev–Trinajstić information content (AvgIpc) is 2.67. The van der Waals surface area contributed by atoms with Crippen LogP contribution in [-0.2, 0) is 6.61 Å². The monoisotopic (exact) mass is 380 g/mol. The van der Waals surface area contributed by atoms with Gasteiger partial charge in [0, 0.05) is 17.4 Å². The highest BCUT2D eigenvalue weighted by atomic mass is 19.1. The minimum Gasteiger partial charge on any atom is -0.406 e. The number of carbonyl (C=O) groups is 2. The smallest absolute Gasteiger partial charge is 0.295 e. The fourth-order valence-corrected chi connectivity index (χ4v) is 2.53. The van der Waals surface area contributed by atoms with E-state index in [0.717, 1.165) is 4.73 Å². The molecule has 1 N–H and O–H groups in total. The van der Waals surface area contributed by atoms with Gasteiger partial charge in [0.1, 0.15) is 18.0 Å². The van der Waals surface area contributed by atoms with Gasteiger partial charge in [0.25, 0.3) is 11.5 Å². The molecule has 3 rings (SSSR count). The Morgan fingerprint density at radius 3 is 2.61 bits per heavy atom. The zero-order chi connectivity index (χ0) is 20.1. The predicted octanol–water partition coefficient (Wildman–Crippen LogP) is 3.07. The first-order chi connectivity index (χ1) is 13.4. The first-order valence-electron chi connectivity index (χ1n) is 8.46. The number of amides is 1. The molecular weight excluding hydrogens is 363 g/mol. The molecule has 0 bridgehead atoms. The number of hydrogen-bond donors (Lipinski definition) is 1. The summed E-state index contributed by atoms with van der Waals surface area (Å²) in [5.41, 5.74) is 0.603. The largest absolute Gasteiger partial charge is 0.406 e. The van der Waals surface area contributed by atoms with Crippen LogP contribution in [0.2, 0.25) is 0 Å².